The van der Waals surface area contributed by atoms with Crippen molar-refractivity contribution in [1.29, 1.82) is 0 Å². The Labute approximate surface area is 230 Å². The highest BCUT2D eigenvalue weighted by Crippen LogP contribution is 2.34. The van der Waals surface area contributed by atoms with Gasteiger partial charge >= 0.3 is 5.97 Å². The van der Waals surface area contributed by atoms with Crippen molar-refractivity contribution in [3.05, 3.63) is 59.4 Å². The fourth-order valence-electron chi connectivity index (χ4n) is 5.64. The molecular formula is C34H49FO3. The molecule has 0 unspecified atom stereocenters. The summed E-state index contributed by atoms with van der Waals surface area (Å²) >= 11 is 0. The maximum atomic E-state index is 14.5. The van der Waals surface area contributed by atoms with Crippen molar-refractivity contribution in [2.45, 2.75) is 117 Å². The zero-order valence-electron chi connectivity index (χ0n) is 23.8. The van der Waals surface area contributed by atoms with Crippen LogP contribution in [0.15, 0.2) is 42.5 Å². The molecule has 3 nitrogen and oxygen atoms in total. The number of unbranched alkanes of at least 4 members (excludes halogenated alkanes) is 7. The molecule has 2 aromatic rings. The van der Waals surface area contributed by atoms with E-state index in [0.717, 1.165) is 31.1 Å². The number of esters is 1. The molecule has 1 aliphatic carbocycles. The van der Waals surface area contributed by atoms with Crippen LogP contribution in [0.4, 0.5) is 4.39 Å². The fourth-order valence-corrected chi connectivity index (χ4v) is 5.64. The van der Waals surface area contributed by atoms with Gasteiger partial charge in [-0.1, -0.05) is 109 Å². The molecule has 38 heavy (non-hydrogen) atoms. The third-order valence-electron chi connectivity index (χ3n) is 8.06. The van der Waals surface area contributed by atoms with Crippen molar-refractivity contribution in [3.63, 3.8) is 0 Å². The summed E-state index contributed by atoms with van der Waals surface area (Å²) in [5, 5.41) is 0. The zero-order valence-corrected chi connectivity index (χ0v) is 23.8. The predicted molar refractivity (Wildman–Crippen MR) is 155 cm³/mol. The second-order valence-electron chi connectivity index (χ2n) is 11.2. The molecule has 0 saturated heterocycles. The predicted octanol–water partition coefficient (Wildman–Crippen LogP) is 10.1. The zero-order chi connectivity index (χ0) is 27.0. The first-order chi connectivity index (χ1) is 18.6. The standard InChI is InChI=1S/C34H49FO3/c1-3-5-6-7-8-9-10-11-25-37-33-24-21-30(26-32(33)35)34(36)38-31-22-19-29(20-23-31)18-17-28-15-13-27(12-4-2)14-16-28/h19-24,26-28H,3-18,25H2,1-2H3. The van der Waals surface area contributed by atoms with E-state index in [9.17, 15) is 9.18 Å². The second-order valence-corrected chi connectivity index (χ2v) is 11.2. The molecule has 0 spiro atoms. The molecule has 1 saturated carbocycles. The summed E-state index contributed by atoms with van der Waals surface area (Å²) in [7, 11) is 0. The smallest absolute Gasteiger partial charge is 0.343 e. The van der Waals surface area contributed by atoms with Crippen LogP contribution in [-0.2, 0) is 6.42 Å². The maximum Gasteiger partial charge on any atom is 0.343 e. The summed E-state index contributed by atoms with van der Waals surface area (Å²) in [5.41, 5.74) is 1.45. The van der Waals surface area contributed by atoms with E-state index in [1.807, 2.05) is 24.3 Å². The van der Waals surface area contributed by atoms with Crippen molar-refractivity contribution in [2.75, 3.05) is 6.61 Å². The topological polar surface area (TPSA) is 35.5 Å². The van der Waals surface area contributed by atoms with Gasteiger partial charge in [0.15, 0.2) is 11.6 Å². The van der Waals surface area contributed by atoms with E-state index >= 15 is 0 Å². The highest BCUT2D eigenvalue weighted by atomic mass is 19.1. The van der Waals surface area contributed by atoms with E-state index in [4.69, 9.17) is 9.47 Å². The van der Waals surface area contributed by atoms with Crippen molar-refractivity contribution in [1.82, 2.24) is 0 Å². The van der Waals surface area contributed by atoms with Crippen LogP contribution < -0.4 is 9.47 Å². The summed E-state index contributed by atoms with van der Waals surface area (Å²) in [6, 6.07) is 12.0. The normalized spacial score (nSPS) is 17.3. The van der Waals surface area contributed by atoms with E-state index in [-0.39, 0.29) is 11.3 Å². The Morgan fingerprint density at radius 1 is 0.789 bits per heavy atom. The molecule has 0 atom stereocenters. The quantitative estimate of drug-likeness (QED) is 0.117. The van der Waals surface area contributed by atoms with Crippen LogP contribution in [0.5, 0.6) is 11.5 Å². The SMILES string of the molecule is CCCCCCCCCCOc1ccc(C(=O)Oc2ccc(CCC3CCC(CCC)CC3)cc2)cc1F. The lowest BCUT2D eigenvalue weighted by Gasteiger charge is -2.28. The molecule has 0 bridgehead atoms. The average Bonchev–Trinajstić information content (AvgIpc) is 2.93. The molecule has 4 heteroatoms. The van der Waals surface area contributed by atoms with Crippen LogP contribution in [0.2, 0.25) is 0 Å². The van der Waals surface area contributed by atoms with E-state index in [1.165, 1.54) is 101 Å². The van der Waals surface area contributed by atoms with Gasteiger partial charge in [0.05, 0.1) is 12.2 Å². The van der Waals surface area contributed by atoms with E-state index in [1.54, 1.807) is 6.07 Å². The van der Waals surface area contributed by atoms with Gasteiger partial charge in [-0.2, -0.15) is 0 Å². The summed E-state index contributed by atoms with van der Waals surface area (Å²) in [6.45, 7) is 5.00. The Kier molecular flexibility index (Phi) is 13.7. The van der Waals surface area contributed by atoms with Gasteiger partial charge in [0.25, 0.3) is 0 Å². The molecule has 0 amide bonds. The minimum absolute atomic E-state index is 0.185. The number of carbonyl (C=O) groups excluding carboxylic acids is 1. The number of rotatable bonds is 17. The van der Waals surface area contributed by atoms with Crippen molar-refractivity contribution in [2.24, 2.45) is 11.8 Å². The molecule has 2 aromatic carbocycles. The second kappa shape index (κ2) is 17.3. The number of aryl methyl sites for hydroxylation is 1. The summed E-state index contributed by atoms with van der Waals surface area (Å²) in [5.74, 6) is 1.36. The number of benzene rings is 2. The monoisotopic (exact) mass is 524 g/mol. The molecule has 3 rings (SSSR count). The Balaban J connectivity index is 1.35. The molecule has 0 N–H and O–H groups in total. The average molecular weight is 525 g/mol. The minimum Gasteiger partial charge on any atom is -0.491 e. The van der Waals surface area contributed by atoms with E-state index < -0.39 is 11.8 Å². The highest BCUT2D eigenvalue weighted by Gasteiger charge is 2.20. The molecular weight excluding hydrogens is 475 g/mol. The van der Waals surface area contributed by atoms with Crippen LogP contribution in [0.3, 0.4) is 0 Å². The molecule has 0 aliphatic heterocycles. The number of halogens is 1. The first-order valence-electron chi connectivity index (χ1n) is 15.3. The fraction of sp³-hybridized carbons (Fsp3) is 0.618. The number of carbonyl (C=O) groups is 1. The minimum atomic E-state index is -0.560. The summed E-state index contributed by atoms with van der Waals surface area (Å²) in [4.78, 5) is 12.6. The van der Waals surface area contributed by atoms with Crippen molar-refractivity contribution >= 4 is 5.97 Å². The third-order valence-corrected chi connectivity index (χ3v) is 8.06. The van der Waals surface area contributed by atoms with E-state index in [2.05, 4.69) is 13.8 Å². The van der Waals surface area contributed by atoms with Crippen molar-refractivity contribution in [3.8, 4) is 11.5 Å². The molecule has 210 valence electrons. The van der Waals surface area contributed by atoms with Crippen LogP contribution in [-0.4, -0.2) is 12.6 Å². The lowest BCUT2D eigenvalue weighted by Crippen LogP contribution is -2.15. The molecule has 1 aliphatic rings. The van der Waals surface area contributed by atoms with Crippen molar-refractivity contribution < 1.29 is 18.7 Å². The summed E-state index contributed by atoms with van der Waals surface area (Å²) < 4.78 is 25.6. The lowest BCUT2D eigenvalue weighted by molar-refractivity contribution is 0.0734. The Bertz CT molecular complexity index is 931. The van der Waals surface area contributed by atoms with Crippen LogP contribution in [0.25, 0.3) is 0 Å². The lowest BCUT2D eigenvalue weighted by atomic mass is 9.78. The van der Waals surface area contributed by atoms with Gasteiger partial charge < -0.3 is 9.47 Å². The maximum absolute atomic E-state index is 14.5. The first kappa shape index (κ1) is 30.2. The Hall–Kier alpha value is -2.36. The molecule has 0 aromatic heterocycles. The van der Waals surface area contributed by atoms with Gasteiger partial charge in [-0.05, 0) is 67.0 Å². The Morgan fingerprint density at radius 2 is 1.42 bits per heavy atom. The van der Waals surface area contributed by atoms with Crippen LogP contribution in [0.1, 0.15) is 126 Å². The van der Waals surface area contributed by atoms with Crippen LogP contribution >= 0.6 is 0 Å². The molecule has 0 radical (unpaired) electrons. The van der Waals surface area contributed by atoms with Gasteiger partial charge in [0.1, 0.15) is 5.75 Å². The van der Waals surface area contributed by atoms with Crippen LogP contribution in [0, 0.1) is 17.7 Å². The third kappa shape index (κ3) is 10.8. The number of hydrogen-bond donors (Lipinski definition) is 0. The van der Waals surface area contributed by atoms with Gasteiger partial charge in [0, 0.05) is 0 Å². The molecule has 1 fully saturated rings. The van der Waals surface area contributed by atoms with E-state index in [0.29, 0.717) is 12.4 Å². The van der Waals surface area contributed by atoms with Gasteiger partial charge in [-0.15, -0.1) is 0 Å². The largest absolute Gasteiger partial charge is 0.491 e. The molecule has 0 heterocycles. The van der Waals surface area contributed by atoms with Gasteiger partial charge in [-0.3, -0.25) is 0 Å². The number of ether oxygens (including phenoxy) is 2. The number of hydrogen-bond acceptors (Lipinski definition) is 3. The first-order valence-corrected chi connectivity index (χ1v) is 15.3. The van der Waals surface area contributed by atoms with Gasteiger partial charge in [0.2, 0.25) is 0 Å². The summed E-state index contributed by atoms with van der Waals surface area (Å²) in [6.07, 6.45) is 20.1. The Morgan fingerprint density at radius 3 is 2.05 bits per heavy atom. The highest BCUT2D eigenvalue weighted by molar-refractivity contribution is 5.91. The van der Waals surface area contributed by atoms with Gasteiger partial charge in [-0.25, -0.2) is 9.18 Å².